The van der Waals surface area contributed by atoms with Gasteiger partial charge in [0.15, 0.2) is 0 Å². The second kappa shape index (κ2) is 6.08. The average molecular weight is 216 g/mol. The number of nitrogens with two attached hydrogens (primary N) is 1. The van der Waals surface area contributed by atoms with E-state index in [2.05, 4.69) is 5.32 Å². The van der Waals surface area contributed by atoms with Crippen molar-refractivity contribution in [3.8, 4) is 0 Å². The number of nitrogens with one attached hydrogen (secondary N) is 1. The summed E-state index contributed by atoms with van der Waals surface area (Å²) in [4.78, 5) is 11.8. The lowest BCUT2D eigenvalue weighted by Crippen LogP contribution is -2.47. The van der Waals surface area contributed by atoms with Crippen LogP contribution in [0.1, 0.15) is 40.5 Å². The molecule has 4 nitrogen and oxygen atoms in total. The molecule has 0 bridgehead atoms. The van der Waals surface area contributed by atoms with Gasteiger partial charge in [0.05, 0.1) is 11.5 Å². The smallest absolute Gasteiger partial charge is 0.227 e. The van der Waals surface area contributed by atoms with Crippen LogP contribution in [0.15, 0.2) is 0 Å². The van der Waals surface area contributed by atoms with Crippen molar-refractivity contribution in [2.75, 3.05) is 6.54 Å². The number of aliphatic hydroxyl groups excluding tert-OH is 1. The first-order chi connectivity index (χ1) is 6.85. The Hall–Kier alpha value is -0.610. The number of amides is 1. The van der Waals surface area contributed by atoms with E-state index in [9.17, 15) is 9.90 Å². The molecule has 3 unspecified atom stereocenters. The van der Waals surface area contributed by atoms with Gasteiger partial charge in [-0.2, -0.15) is 0 Å². The number of rotatable bonds is 6. The van der Waals surface area contributed by atoms with Crippen molar-refractivity contribution in [3.63, 3.8) is 0 Å². The highest BCUT2D eigenvalue weighted by Crippen LogP contribution is 2.19. The minimum atomic E-state index is -0.493. The van der Waals surface area contributed by atoms with Crippen LogP contribution in [0.3, 0.4) is 0 Å². The molecule has 1 amide bonds. The Bertz CT molecular complexity index is 201. The van der Waals surface area contributed by atoms with Crippen LogP contribution in [-0.4, -0.2) is 29.7 Å². The minimum absolute atomic E-state index is 0.0186. The molecule has 15 heavy (non-hydrogen) atoms. The first-order valence-corrected chi connectivity index (χ1v) is 5.54. The summed E-state index contributed by atoms with van der Waals surface area (Å²) in [5, 5.41) is 12.1. The van der Waals surface area contributed by atoms with Gasteiger partial charge in [0.2, 0.25) is 5.91 Å². The zero-order valence-electron chi connectivity index (χ0n) is 10.2. The van der Waals surface area contributed by atoms with Crippen LogP contribution in [0.25, 0.3) is 0 Å². The van der Waals surface area contributed by atoms with Gasteiger partial charge in [0.25, 0.3) is 0 Å². The van der Waals surface area contributed by atoms with Gasteiger partial charge in [-0.25, -0.2) is 0 Å². The zero-order chi connectivity index (χ0) is 12.1. The predicted octanol–water partition coefficient (Wildman–Crippen LogP) is 0.637. The number of carbonyl (C=O) groups excluding carboxylic acids is 1. The number of carbonyl (C=O) groups is 1. The van der Waals surface area contributed by atoms with E-state index in [0.717, 1.165) is 6.42 Å². The second-order valence-corrected chi connectivity index (χ2v) is 4.58. The molecule has 0 aliphatic heterocycles. The standard InChI is InChI=1S/C11H24N2O2/c1-5-11(4,7-12)10(15)13-8(2)6-9(3)14/h8-9,14H,5-7,12H2,1-4H3,(H,13,15). The molecule has 0 aliphatic rings. The van der Waals surface area contributed by atoms with Crippen LogP contribution < -0.4 is 11.1 Å². The molecule has 0 aromatic heterocycles. The third-order valence-electron chi connectivity index (χ3n) is 2.85. The molecule has 0 saturated carbocycles. The molecule has 4 N–H and O–H groups in total. The Morgan fingerprint density at radius 1 is 1.53 bits per heavy atom. The van der Waals surface area contributed by atoms with Crippen LogP contribution in [0.2, 0.25) is 0 Å². The zero-order valence-corrected chi connectivity index (χ0v) is 10.2. The van der Waals surface area contributed by atoms with Crippen molar-refractivity contribution in [1.29, 1.82) is 0 Å². The normalized spacial score (nSPS) is 19.1. The molecular weight excluding hydrogens is 192 g/mol. The third kappa shape index (κ3) is 4.62. The molecule has 0 fully saturated rings. The highest BCUT2D eigenvalue weighted by atomic mass is 16.3. The minimum Gasteiger partial charge on any atom is -0.393 e. The lowest BCUT2D eigenvalue weighted by Gasteiger charge is -2.27. The Morgan fingerprint density at radius 3 is 2.40 bits per heavy atom. The van der Waals surface area contributed by atoms with Gasteiger partial charge in [-0.05, 0) is 33.6 Å². The summed E-state index contributed by atoms with van der Waals surface area (Å²) in [6, 6.07) is -0.0186. The SMILES string of the molecule is CCC(C)(CN)C(=O)NC(C)CC(C)O. The van der Waals surface area contributed by atoms with Crippen molar-refractivity contribution in [2.24, 2.45) is 11.1 Å². The van der Waals surface area contributed by atoms with Crippen molar-refractivity contribution in [2.45, 2.75) is 52.7 Å². The molecule has 90 valence electrons. The third-order valence-corrected chi connectivity index (χ3v) is 2.85. The van der Waals surface area contributed by atoms with E-state index in [1.807, 2.05) is 20.8 Å². The summed E-state index contributed by atoms with van der Waals surface area (Å²) in [5.74, 6) is -0.0272. The van der Waals surface area contributed by atoms with Crippen LogP contribution >= 0.6 is 0 Å². The van der Waals surface area contributed by atoms with E-state index in [1.54, 1.807) is 6.92 Å². The van der Waals surface area contributed by atoms with Crippen LogP contribution in [-0.2, 0) is 4.79 Å². The largest absolute Gasteiger partial charge is 0.393 e. The first kappa shape index (κ1) is 14.4. The van der Waals surface area contributed by atoms with Crippen LogP contribution in [0, 0.1) is 5.41 Å². The molecule has 0 aromatic carbocycles. The fourth-order valence-electron chi connectivity index (χ4n) is 1.37. The lowest BCUT2D eigenvalue weighted by molar-refractivity contribution is -0.130. The molecule has 0 radical (unpaired) electrons. The van der Waals surface area contributed by atoms with E-state index in [4.69, 9.17) is 5.73 Å². The lowest BCUT2D eigenvalue weighted by atomic mass is 9.86. The molecular formula is C11H24N2O2. The molecule has 4 heteroatoms. The molecule has 0 heterocycles. The molecule has 0 aromatic rings. The Labute approximate surface area is 92.2 Å². The van der Waals surface area contributed by atoms with Gasteiger partial charge in [-0.3, -0.25) is 4.79 Å². The fourth-order valence-corrected chi connectivity index (χ4v) is 1.37. The van der Waals surface area contributed by atoms with Crippen molar-refractivity contribution >= 4 is 5.91 Å². The summed E-state index contributed by atoms with van der Waals surface area (Å²) < 4.78 is 0. The second-order valence-electron chi connectivity index (χ2n) is 4.58. The maximum absolute atomic E-state index is 11.8. The average Bonchev–Trinajstić information content (AvgIpc) is 2.15. The predicted molar refractivity (Wildman–Crippen MR) is 61.4 cm³/mol. The topological polar surface area (TPSA) is 75.4 Å². The van der Waals surface area contributed by atoms with Gasteiger partial charge in [0.1, 0.15) is 0 Å². The van der Waals surface area contributed by atoms with E-state index >= 15 is 0 Å². The summed E-state index contributed by atoms with van der Waals surface area (Å²) in [6.45, 7) is 7.75. The quantitative estimate of drug-likeness (QED) is 0.610. The molecule has 0 aliphatic carbocycles. The summed E-state index contributed by atoms with van der Waals surface area (Å²) in [7, 11) is 0. The fraction of sp³-hybridized carbons (Fsp3) is 0.909. The molecule has 0 rings (SSSR count). The Kier molecular flexibility index (Phi) is 5.83. The van der Waals surface area contributed by atoms with E-state index in [0.29, 0.717) is 13.0 Å². The van der Waals surface area contributed by atoms with E-state index in [-0.39, 0.29) is 11.9 Å². The van der Waals surface area contributed by atoms with E-state index < -0.39 is 11.5 Å². The first-order valence-electron chi connectivity index (χ1n) is 5.54. The summed E-state index contributed by atoms with van der Waals surface area (Å²) in [5.41, 5.74) is 5.09. The van der Waals surface area contributed by atoms with Gasteiger partial charge < -0.3 is 16.2 Å². The Morgan fingerprint density at radius 2 is 2.07 bits per heavy atom. The summed E-state index contributed by atoms with van der Waals surface area (Å²) in [6.07, 6.45) is 0.887. The van der Waals surface area contributed by atoms with Gasteiger partial charge in [-0.1, -0.05) is 6.92 Å². The maximum Gasteiger partial charge on any atom is 0.227 e. The molecule has 0 saturated heterocycles. The maximum atomic E-state index is 11.8. The van der Waals surface area contributed by atoms with Gasteiger partial charge in [0, 0.05) is 12.6 Å². The monoisotopic (exact) mass is 216 g/mol. The van der Waals surface area contributed by atoms with Crippen molar-refractivity contribution in [1.82, 2.24) is 5.32 Å². The van der Waals surface area contributed by atoms with Crippen molar-refractivity contribution in [3.05, 3.63) is 0 Å². The Balaban J connectivity index is 4.23. The van der Waals surface area contributed by atoms with Crippen molar-refractivity contribution < 1.29 is 9.90 Å². The number of hydrogen-bond donors (Lipinski definition) is 3. The van der Waals surface area contributed by atoms with E-state index in [1.165, 1.54) is 0 Å². The number of hydrogen-bond acceptors (Lipinski definition) is 3. The highest BCUT2D eigenvalue weighted by Gasteiger charge is 2.30. The molecule has 0 spiro atoms. The van der Waals surface area contributed by atoms with Gasteiger partial charge in [-0.15, -0.1) is 0 Å². The summed E-state index contributed by atoms with van der Waals surface area (Å²) >= 11 is 0. The number of aliphatic hydroxyl groups is 1. The highest BCUT2D eigenvalue weighted by molar-refractivity contribution is 5.82. The van der Waals surface area contributed by atoms with Crippen LogP contribution in [0.5, 0.6) is 0 Å². The molecule has 3 atom stereocenters. The van der Waals surface area contributed by atoms with Crippen LogP contribution in [0.4, 0.5) is 0 Å². The van der Waals surface area contributed by atoms with Gasteiger partial charge >= 0.3 is 0 Å².